The first-order valence-corrected chi connectivity index (χ1v) is 7.06. The average molecular weight is 279 g/mol. The number of H-pyrrole nitrogens is 1. The molecule has 2 rings (SSSR count). The molecule has 1 heterocycles. The third-order valence-electron chi connectivity index (χ3n) is 2.50. The first-order chi connectivity index (χ1) is 9.29. The van der Waals surface area contributed by atoms with E-state index in [-0.39, 0.29) is 6.03 Å². The van der Waals surface area contributed by atoms with Crippen LogP contribution in [-0.2, 0) is 0 Å². The van der Waals surface area contributed by atoms with Crippen LogP contribution in [0.2, 0.25) is 0 Å². The van der Waals surface area contributed by atoms with Crippen molar-refractivity contribution in [1.82, 2.24) is 20.0 Å². The van der Waals surface area contributed by atoms with Crippen LogP contribution in [0.3, 0.4) is 0 Å². The van der Waals surface area contributed by atoms with Gasteiger partial charge in [0.1, 0.15) is 0 Å². The van der Waals surface area contributed by atoms with E-state index in [0.29, 0.717) is 0 Å². The molecule has 0 aliphatic heterocycles. The number of urea groups is 1. The van der Waals surface area contributed by atoms with Crippen LogP contribution < -0.4 is 15.4 Å². The number of hydrogen-bond acceptors (Lipinski definition) is 4. The Hall–Kier alpha value is -1.89. The first-order valence-electron chi connectivity index (χ1n) is 6.08. The number of fused-ring (bicyclic) bond motifs is 1. The van der Waals surface area contributed by atoms with Gasteiger partial charge in [-0.3, -0.25) is 4.72 Å². The van der Waals surface area contributed by atoms with Gasteiger partial charge in [-0.25, -0.2) is 9.78 Å². The number of benzene rings is 1. The van der Waals surface area contributed by atoms with Gasteiger partial charge in [-0.15, -0.1) is 0 Å². The Morgan fingerprint density at radius 1 is 1.42 bits per heavy atom. The van der Waals surface area contributed by atoms with Crippen molar-refractivity contribution in [3.05, 3.63) is 24.3 Å². The number of aromatic amines is 1. The van der Waals surface area contributed by atoms with Crippen molar-refractivity contribution < 1.29 is 4.79 Å². The number of nitrogens with zero attached hydrogens (tertiary/aromatic N) is 1. The molecule has 19 heavy (non-hydrogen) atoms. The topological polar surface area (TPSA) is 81.8 Å². The molecule has 0 aliphatic rings. The number of aromatic nitrogens is 2. The molecule has 0 aliphatic carbocycles. The van der Waals surface area contributed by atoms with Crippen LogP contribution in [-0.4, -0.2) is 35.3 Å². The van der Waals surface area contributed by atoms with E-state index in [1.807, 2.05) is 24.3 Å². The molecule has 7 heteroatoms. The van der Waals surface area contributed by atoms with Crippen molar-refractivity contribution in [2.24, 2.45) is 0 Å². The molecular weight excluding hydrogens is 262 g/mol. The van der Waals surface area contributed by atoms with Crippen molar-refractivity contribution in [2.45, 2.75) is 6.42 Å². The molecule has 0 saturated carbocycles. The summed E-state index contributed by atoms with van der Waals surface area (Å²) in [4.78, 5) is 18.5. The quantitative estimate of drug-likeness (QED) is 0.481. The van der Waals surface area contributed by atoms with Crippen LogP contribution in [0.4, 0.5) is 10.7 Å². The summed E-state index contributed by atoms with van der Waals surface area (Å²) in [7, 11) is 1.60. The summed E-state index contributed by atoms with van der Waals surface area (Å²) in [6, 6.07) is 7.74. The standard InChI is InChI=1S/C12H17N5OS/c1-13-12(18)17-19-8-4-7-14-11-15-9-5-2-3-6-10(9)16-11/h2-3,5-6H,4,7-8H2,1H3,(H2,13,17,18)(H2,14,15,16). The number of amides is 2. The molecule has 2 amide bonds. The van der Waals surface area contributed by atoms with Crippen molar-refractivity contribution in [1.29, 1.82) is 0 Å². The molecular formula is C12H17N5OS. The van der Waals surface area contributed by atoms with Gasteiger partial charge in [0.15, 0.2) is 0 Å². The van der Waals surface area contributed by atoms with Crippen LogP contribution in [0.5, 0.6) is 0 Å². The van der Waals surface area contributed by atoms with Crippen LogP contribution in [0.15, 0.2) is 24.3 Å². The normalized spacial score (nSPS) is 10.4. The third-order valence-corrected chi connectivity index (χ3v) is 3.32. The molecule has 0 bridgehead atoms. The molecule has 0 radical (unpaired) electrons. The lowest BCUT2D eigenvalue weighted by atomic mass is 10.3. The van der Waals surface area contributed by atoms with Gasteiger partial charge in [-0.2, -0.15) is 0 Å². The second kappa shape index (κ2) is 6.89. The predicted octanol–water partition coefficient (Wildman–Crippen LogP) is 1.94. The van der Waals surface area contributed by atoms with E-state index in [9.17, 15) is 4.79 Å². The smallest absolute Gasteiger partial charge is 0.324 e. The summed E-state index contributed by atoms with van der Waals surface area (Å²) >= 11 is 1.39. The van der Waals surface area contributed by atoms with Crippen LogP contribution in [0.1, 0.15) is 6.42 Å². The summed E-state index contributed by atoms with van der Waals surface area (Å²) in [5.41, 5.74) is 1.99. The molecule has 6 nitrogen and oxygen atoms in total. The zero-order chi connectivity index (χ0) is 13.5. The van der Waals surface area contributed by atoms with E-state index in [0.717, 1.165) is 35.7 Å². The lowest BCUT2D eigenvalue weighted by Gasteiger charge is -2.04. The Balaban J connectivity index is 1.67. The molecule has 2 aromatic rings. The fourth-order valence-electron chi connectivity index (χ4n) is 1.56. The SMILES string of the molecule is CNC(=O)NSCCCNc1nc2ccccc2[nH]1. The fraction of sp³-hybridized carbons (Fsp3) is 0.333. The Morgan fingerprint density at radius 3 is 3.05 bits per heavy atom. The van der Waals surface area contributed by atoms with Gasteiger partial charge in [0, 0.05) is 19.3 Å². The van der Waals surface area contributed by atoms with Crippen LogP contribution in [0.25, 0.3) is 11.0 Å². The highest BCUT2D eigenvalue weighted by atomic mass is 32.2. The number of para-hydroxylation sites is 2. The van der Waals surface area contributed by atoms with E-state index in [1.54, 1.807) is 7.05 Å². The van der Waals surface area contributed by atoms with Gasteiger partial charge in [-0.05, 0) is 30.5 Å². The number of carbonyl (C=O) groups excluding carboxylic acids is 1. The Bertz CT molecular complexity index is 509. The lowest BCUT2D eigenvalue weighted by Crippen LogP contribution is -2.27. The van der Waals surface area contributed by atoms with E-state index in [1.165, 1.54) is 11.9 Å². The molecule has 0 atom stereocenters. The highest BCUT2D eigenvalue weighted by molar-refractivity contribution is 7.97. The number of hydrogen-bond donors (Lipinski definition) is 4. The van der Waals surface area contributed by atoms with Gasteiger partial charge in [-0.1, -0.05) is 12.1 Å². The number of rotatable bonds is 6. The maximum Gasteiger partial charge on any atom is 0.324 e. The van der Waals surface area contributed by atoms with Gasteiger partial charge in [0.25, 0.3) is 0 Å². The number of imidazole rings is 1. The Kier molecular flexibility index (Phi) is 4.91. The fourth-order valence-corrected chi connectivity index (χ4v) is 2.18. The van der Waals surface area contributed by atoms with Crippen LogP contribution in [0, 0.1) is 0 Å². The second-order valence-corrected chi connectivity index (χ2v) is 4.81. The third kappa shape index (κ3) is 4.06. The molecule has 0 saturated heterocycles. The Morgan fingerprint density at radius 2 is 2.26 bits per heavy atom. The minimum absolute atomic E-state index is 0.171. The lowest BCUT2D eigenvalue weighted by molar-refractivity contribution is 0.248. The zero-order valence-corrected chi connectivity index (χ0v) is 11.5. The highest BCUT2D eigenvalue weighted by Crippen LogP contribution is 2.13. The minimum atomic E-state index is -0.171. The Labute approximate surface area is 115 Å². The number of anilines is 1. The van der Waals surface area contributed by atoms with Crippen molar-refractivity contribution in [3.8, 4) is 0 Å². The summed E-state index contributed by atoms with van der Waals surface area (Å²) in [5, 5.41) is 5.72. The van der Waals surface area contributed by atoms with E-state index in [4.69, 9.17) is 0 Å². The molecule has 1 aromatic heterocycles. The van der Waals surface area contributed by atoms with E-state index in [2.05, 4.69) is 25.3 Å². The first kappa shape index (κ1) is 13.5. The minimum Gasteiger partial charge on any atom is -0.356 e. The molecule has 0 spiro atoms. The summed E-state index contributed by atoms with van der Waals surface area (Å²) in [6.45, 7) is 0.808. The van der Waals surface area contributed by atoms with Crippen LogP contribution >= 0.6 is 11.9 Å². The monoisotopic (exact) mass is 279 g/mol. The van der Waals surface area contributed by atoms with Gasteiger partial charge < -0.3 is 15.6 Å². The van der Waals surface area contributed by atoms with Gasteiger partial charge in [0.2, 0.25) is 5.95 Å². The molecule has 0 fully saturated rings. The predicted molar refractivity (Wildman–Crippen MR) is 79.2 cm³/mol. The summed E-state index contributed by atoms with van der Waals surface area (Å²) in [6.07, 6.45) is 0.936. The average Bonchev–Trinajstić information content (AvgIpc) is 2.84. The van der Waals surface area contributed by atoms with E-state index < -0.39 is 0 Å². The van der Waals surface area contributed by atoms with Gasteiger partial charge >= 0.3 is 6.03 Å². The largest absolute Gasteiger partial charge is 0.356 e. The number of nitrogens with one attached hydrogen (secondary N) is 4. The number of carbonyl (C=O) groups is 1. The summed E-state index contributed by atoms with van der Waals surface area (Å²) < 4.78 is 2.67. The van der Waals surface area contributed by atoms with Crippen molar-refractivity contribution in [3.63, 3.8) is 0 Å². The molecule has 0 unspecified atom stereocenters. The zero-order valence-electron chi connectivity index (χ0n) is 10.7. The second-order valence-electron chi connectivity index (χ2n) is 3.91. The highest BCUT2D eigenvalue weighted by Gasteiger charge is 2.00. The maximum atomic E-state index is 10.9. The summed E-state index contributed by atoms with van der Waals surface area (Å²) in [5.74, 6) is 1.63. The molecule has 102 valence electrons. The molecule has 4 N–H and O–H groups in total. The maximum absolute atomic E-state index is 10.9. The van der Waals surface area contributed by atoms with Gasteiger partial charge in [0.05, 0.1) is 11.0 Å². The molecule has 1 aromatic carbocycles. The van der Waals surface area contributed by atoms with Crippen molar-refractivity contribution in [2.75, 3.05) is 24.7 Å². The van der Waals surface area contributed by atoms with E-state index >= 15 is 0 Å². The van der Waals surface area contributed by atoms with Crippen molar-refractivity contribution >= 4 is 35.0 Å².